The SMILES string of the molecule is CC1(C)CCC(CC(F)(F)CN)CC1. The van der Waals surface area contributed by atoms with Crippen molar-refractivity contribution in [3.8, 4) is 0 Å². The molecule has 1 aliphatic rings. The van der Waals surface area contributed by atoms with Crippen LogP contribution in [0.5, 0.6) is 0 Å². The lowest BCUT2D eigenvalue weighted by Gasteiger charge is -2.35. The Morgan fingerprint density at radius 2 is 1.79 bits per heavy atom. The maximum atomic E-state index is 13.0. The number of alkyl halides is 2. The second-order valence-corrected chi connectivity index (χ2v) is 5.37. The minimum absolute atomic E-state index is 0.0143. The predicted molar refractivity (Wildman–Crippen MR) is 54.4 cm³/mol. The van der Waals surface area contributed by atoms with E-state index in [4.69, 9.17) is 5.73 Å². The standard InChI is InChI=1S/C11H21F2N/c1-10(2)5-3-9(4-6-10)7-11(12,13)8-14/h9H,3-8,14H2,1-2H3. The van der Waals surface area contributed by atoms with Crippen LogP contribution in [0.4, 0.5) is 8.78 Å². The molecule has 1 rings (SSSR count). The van der Waals surface area contributed by atoms with Crippen molar-refractivity contribution in [2.75, 3.05) is 6.54 Å². The van der Waals surface area contributed by atoms with Gasteiger partial charge in [0.1, 0.15) is 0 Å². The van der Waals surface area contributed by atoms with Gasteiger partial charge >= 0.3 is 0 Å². The predicted octanol–water partition coefficient (Wildman–Crippen LogP) is 3.19. The summed E-state index contributed by atoms with van der Waals surface area (Å²) in [7, 11) is 0. The quantitative estimate of drug-likeness (QED) is 0.752. The van der Waals surface area contributed by atoms with Crippen LogP contribution < -0.4 is 5.73 Å². The third kappa shape index (κ3) is 3.52. The number of hydrogen-bond acceptors (Lipinski definition) is 1. The molecular formula is C11H21F2N. The lowest BCUT2D eigenvalue weighted by Crippen LogP contribution is -2.32. The molecule has 1 saturated carbocycles. The van der Waals surface area contributed by atoms with Crippen LogP contribution in [0.15, 0.2) is 0 Å². The molecule has 0 aromatic heterocycles. The van der Waals surface area contributed by atoms with E-state index in [9.17, 15) is 8.78 Å². The smallest absolute Gasteiger partial charge is 0.260 e. The van der Waals surface area contributed by atoms with Crippen LogP contribution in [-0.2, 0) is 0 Å². The topological polar surface area (TPSA) is 26.0 Å². The first-order chi connectivity index (χ1) is 6.35. The average molecular weight is 205 g/mol. The zero-order valence-electron chi connectivity index (χ0n) is 9.15. The first kappa shape index (κ1) is 11.9. The summed E-state index contributed by atoms with van der Waals surface area (Å²) >= 11 is 0. The van der Waals surface area contributed by atoms with Crippen molar-refractivity contribution < 1.29 is 8.78 Å². The van der Waals surface area contributed by atoms with Crippen molar-refractivity contribution in [2.45, 2.75) is 51.9 Å². The van der Waals surface area contributed by atoms with Gasteiger partial charge in [-0.2, -0.15) is 0 Å². The van der Waals surface area contributed by atoms with Gasteiger partial charge in [-0.3, -0.25) is 0 Å². The van der Waals surface area contributed by atoms with Crippen molar-refractivity contribution in [3.63, 3.8) is 0 Å². The molecule has 0 saturated heterocycles. The molecule has 0 atom stereocenters. The van der Waals surface area contributed by atoms with Gasteiger partial charge in [-0.15, -0.1) is 0 Å². The van der Waals surface area contributed by atoms with Crippen molar-refractivity contribution >= 4 is 0 Å². The van der Waals surface area contributed by atoms with Gasteiger partial charge in [0, 0.05) is 6.42 Å². The molecule has 0 aliphatic heterocycles. The molecule has 84 valence electrons. The van der Waals surface area contributed by atoms with E-state index < -0.39 is 12.5 Å². The van der Waals surface area contributed by atoms with E-state index >= 15 is 0 Å². The van der Waals surface area contributed by atoms with Gasteiger partial charge in [0.15, 0.2) is 0 Å². The molecule has 2 N–H and O–H groups in total. The molecule has 0 radical (unpaired) electrons. The van der Waals surface area contributed by atoms with Crippen LogP contribution in [0.1, 0.15) is 46.0 Å². The third-order valence-electron chi connectivity index (χ3n) is 3.34. The highest BCUT2D eigenvalue weighted by molar-refractivity contribution is 4.82. The second-order valence-electron chi connectivity index (χ2n) is 5.37. The third-order valence-corrected chi connectivity index (χ3v) is 3.34. The van der Waals surface area contributed by atoms with Gasteiger partial charge in [0.2, 0.25) is 0 Å². The van der Waals surface area contributed by atoms with E-state index in [-0.39, 0.29) is 12.3 Å². The first-order valence-electron chi connectivity index (χ1n) is 5.43. The Morgan fingerprint density at radius 3 is 2.21 bits per heavy atom. The van der Waals surface area contributed by atoms with Crippen LogP contribution in [0.2, 0.25) is 0 Å². The Kier molecular flexibility index (Phi) is 3.51. The van der Waals surface area contributed by atoms with E-state index in [1.54, 1.807) is 0 Å². The molecule has 0 heterocycles. The highest BCUT2D eigenvalue weighted by Crippen LogP contribution is 2.41. The summed E-state index contributed by atoms with van der Waals surface area (Å²) in [5.74, 6) is -2.46. The maximum Gasteiger partial charge on any atom is 0.260 e. The van der Waals surface area contributed by atoms with Gasteiger partial charge in [-0.05, 0) is 37.0 Å². The van der Waals surface area contributed by atoms with E-state index in [0.29, 0.717) is 5.41 Å². The van der Waals surface area contributed by atoms with E-state index in [2.05, 4.69) is 13.8 Å². The molecule has 3 heteroatoms. The minimum atomic E-state index is -2.65. The molecule has 0 unspecified atom stereocenters. The Labute approximate surface area is 85.1 Å². The largest absolute Gasteiger partial charge is 0.325 e. The van der Waals surface area contributed by atoms with Gasteiger partial charge in [0.05, 0.1) is 6.54 Å². The molecule has 0 spiro atoms. The summed E-state index contributed by atoms with van der Waals surface area (Å²) in [5.41, 5.74) is 5.38. The van der Waals surface area contributed by atoms with Gasteiger partial charge < -0.3 is 5.73 Å². The van der Waals surface area contributed by atoms with E-state index in [0.717, 1.165) is 25.7 Å². The molecule has 0 bridgehead atoms. The first-order valence-corrected chi connectivity index (χ1v) is 5.43. The highest BCUT2D eigenvalue weighted by Gasteiger charge is 2.34. The van der Waals surface area contributed by atoms with Crippen molar-refractivity contribution in [1.82, 2.24) is 0 Å². The van der Waals surface area contributed by atoms with E-state index in [1.807, 2.05) is 0 Å². The number of hydrogen-bond donors (Lipinski definition) is 1. The summed E-state index contributed by atoms with van der Waals surface area (Å²) in [6.45, 7) is 3.92. The zero-order valence-corrected chi connectivity index (χ0v) is 9.15. The maximum absolute atomic E-state index is 13.0. The van der Waals surface area contributed by atoms with Crippen LogP contribution in [0.3, 0.4) is 0 Å². The van der Waals surface area contributed by atoms with Gasteiger partial charge in [0.25, 0.3) is 5.92 Å². The highest BCUT2D eigenvalue weighted by atomic mass is 19.3. The average Bonchev–Trinajstić information content (AvgIpc) is 2.09. The summed E-state index contributed by atoms with van der Waals surface area (Å²) in [6, 6.07) is 0. The van der Waals surface area contributed by atoms with Crippen molar-refractivity contribution in [3.05, 3.63) is 0 Å². The molecule has 14 heavy (non-hydrogen) atoms. The number of rotatable bonds is 3. The monoisotopic (exact) mass is 205 g/mol. The number of halogens is 2. The Morgan fingerprint density at radius 1 is 1.29 bits per heavy atom. The van der Waals surface area contributed by atoms with Crippen molar-refractivity contribution in [1.29, 1.82) is 0 Å². The Balaban J connectivity index is 2.36. The van der Waals surface area contributed by atoms with Gasteiger partial charge in [-0.1, -0.05) is 13.8 Å². The Hall–Kier alpha value is -0.180. The van der Waals surface area contributed by atoms with Crippen LogP contribution in [0, 0.1) is 11.3 Å². The van der Waals surface area contributed by atoms with E-state index in [1.165, 1.54) is 0 Å². The zero-order chi connectivity index (χ0) is 10.8. The van der Waals surface area contributed by atoms with Crippen LogP contribution in [-0.4, -0.2) is 12.5 Å². The summed E-state index contributed by atoms with van der Waals surface area (Å²) in [4.78, 5) is 0. The summed E-state index contributed by atoms with van der Waals surface area (Å²) in [6.07, 6.45) is 3.99. The van der Waals surface area contributed by atoms with Crippen LogP contribution in [0.25, 0.3) is 0 Å². The Bertz CT molecular complexity index is 180. The number of nitrogens with two attached hydrogens (primary N) is 1. The minimum Gasteiger partial charge on any atom is -0.325 e. The summed E-state index contributed by atoms with van der Waals surface area (Å²) in [5, 5.41) is 0. The molecular weight excluding hydrogens is 184 g/mol. The fraction of sp³-hybridized carbons (Fsp3) is 1.00. The van der Waals surface area contributed by atoms with Crippen LogP contribution >= 0.6 is 0 Å². The molecule has 0 amide bonds. The molecule has 0 aromatic rings. The fourth-order valence-electron chi connectivity index (χ4n) is 2.17. The summed E-state index contributed by atoms with van der Waals surface area (Å²) < 4.78 is 26.0. The van der Waals surface area contributed by atoms with Crippen molar-refractivity contribution in [2.24, 2.45) is 17.1 Å². The van der Waals surface area contributed by atoms with Gasteiger partial charge in [-0.25, -0.2) is 8.78 Å². The lowest BCUT2D eigenvalue weighted by atomic mass is 9.72. The normalized spacial score (nSPS) is 23.8. The lowest BCUT2D eigenvalue weighted by molar-refractivity contribution is -0.0233. The molecule has 0 aromatic carbocycles. The molecule has 1 aliphatic carbocycles. The molecule has 1 nitrogen and oxygen atoms in total. The fourth-order valence-corrected chi connectivity index (χ4v) is 2.17. The molecule has 1 fully saturated rings. The second kappa shape index (κ2) is 4.13.